The Morgan fingerprint density at radius 1 is 1.11 bits per heavy atom. The summed E-state index contributed by atoms with van der Waals surface area (Å²) in [6, 6.07) is 6.91. The molecule has 0 aliphatic rings. The molecule has 2 N–H and O–H groups in total. The zero-order chi connectivity index (χ0) is 20.0. The maximum Gasteiger partial charge on any atom is 0.341 e. The van der Waals surface area contributed by atoms with Crippen LogP contribution in [0, 0.1) is 6.92 Å². The normalized spacial score (nSPS) is 10.4. The molecular formula is C20H24N2O4S. The Morgan fingerprint density at radius 2 is 1.78 bits per heavy atom. The van der Waals surface area contributed by atoms with Gasteiger partial charge in [-0.05, 0) is 57.0 Å². The zero-order valence-corrected chi connectivity index (χ0v) is 16.8. The van der Waals surface area contributed by atoms with Crippen LogP contribution in [-0.2, 0) is 16.0 Å². The van der Waals surface area contributed by atoms with Gasteiger partial charge in [0.2, 0.25) is 5.91 Å². The largest absolute Gasteiger partial charge is 0.462 e. The molecule has 2 aromatic rings. The van der Waals surface area contributed by atoms with Gasteiger partial charge in [-0.3, -0.25) is 9.59 Å². The Morgan fingerprint density at radius 3 is 2.33 bits per heavy atom. The number of rotatable bonds is 8. The van der Waals surface area contributed by atoms with Crippen LogP contribution in [-0.4, -0.2) is 30.8 Å². The first-order valence-corrected chi connectivity index (χ1v) is 9.63. The number of Topliss-reactive ketones (excluding diaryl/α,β-unsaturated/α-hetero) is 1. The molecule has 2 rings (SSSR count). The maximum atomic E-state index is 12.3. The van der Waals surface area contributed by atoms with E-state index < -0.39 is 5.97 Å². The average Bonchev–Trinajstić information content (AvgIpc) is 2.95. The summed E-state index contributed by atoms with van der Waals surface area (Å²) in [7, 11) is 0. The van der Waals surface area contributed by atoms with E-state index in [1.807, 2.05) is 13.8 Å². The fraction of sp³-hybridized carbons (Fsp3) is 0.350. The SMILES string of the molecule is CCOC(=O)c1c(NC(=O)CNc2ccc(C(C)=O)cc2)sc(CC)c1C. The molecule has 6 nitrogen and oxygen atoms in total. The van der Waals surface area contributed by atoms with Gasteiger partial charge in [-0.25, -0.2) is 4.79 Å². The molecule has 0 spiro atoms. The fourth-order valence-corrected chi connectivity index (χ4v) is 3.76. The third-order valence-electron chi connectivity index (χ3n) is 4.04. The van der Waals surface area contributed by atoms with Gasteiger partial charge in [0.25, 0.3) is 0 Å². The Labute approximate surface area is 162 Å². The van der Waals surface area contributed by atoms with Gasteiger partial charge in [0.15, 0.2) is 5.78 Å². The first-order valence-electron chi connectivity index (χ1n) is 8.81. The number of benzene rings is 1. The first kappa shape index (κ1) is 20.6. The van der Waals surface area contributed by atoms with Crippen LogP contribution >= 0.6 is 11.3 Å². The number of carbonyl (C=O) groups excluding carboxylic acids is 3. The third-order valence-corrected chi connectivity index (χ3v) is 5.40. The highest BCUT2D eigenvalue weighted by Crippen LogP contribution is 2.34. The van der Waals surface area contributed by atoms with Crippen molar-refractivity contribution >= 4 is 39.7 Å². The Hall–Kier alpha value is -2.67. The number of anilines is 2. The van der Waals surface area contributed by atoms with Crippen molar-refractivity contribution in [1.82, 2.24) is 0 Å². The molecule has 0 aliphatic heterocycles. The number of ketones is 1. The highest BCUT2D eigenvalue weighted by Gasteiger charge is 2.22. The summed E-state index contributed by atoms with van der Waals surface area (Å²) < 4.78 is 5.12. The summed E-state index contributed by atoms with van der Waals surface area (Å²) in [5.41, 5.74) is 2.63. The fourth-order valence-electron chi connectivity index (χ4n) is 2.61. The van der Waals surface area contributed by atoms with E-state index >= 15 is 0 Å². The summed E-state index contributed by atoms with van der Waals surface area (Å²) in [4.78, 5) is 36.9. The second-order valence-corrected chi connectivity index (χ2v) is 7.07. The first-order chi connectivity index (χ1) is 12.9. The maximum absolute atomic E-state index is 12.3. The number of hydrogen-bond acceptors (Lipinski definition) is 6. The molecule has 1 aromatic heterocycles. The van der Waals surface area contributed by atoms with Gasteiger partial charge < -0.3 is 15.4 Å². The molecule has 0 atom stereocenters. The molecule has 27 heavy (non-hydrogen) atoms. The average molecular weight is 388 g/mol. The van der Waals surface area contributed by atoms with Gasteiger partial charge in [-0.15, -0.1) is 11.3 Å². The van der Waals surface area contributed by atoms with Crippen molar-refractivity contribution in [3.05, 3.63) is 45.8 Å². The van der Waals surface area contributed by atoms with Crippen LogP contribution in [0.2, 0.25) is 0 Å². The number of thiophene rings is 1. The third kappa shape index (κ3) is 5.17. The van der Waals surface area contributed by atoms with E-state index in [0.29, 0.717) is 16.1 Å². The second kappa shape index (κ2) is 9.32. The van der Waals surface area contributed by atoms with E-state index in [4.69, 9.17) is 4.74 Å². The van der Waals surface area contributed by atoms with Crippen LogP contribution in [0.25, 0.3) is 0 Å². The van der Waals surface area contributed by atoms with E-state index in [2.05, 4.69) is 10.6 Å². The number of esters is 1. The predicted molar refractivity (Wildman–Crippen MR) is 108 cm³/mol. The lowest BCUT2D eigenvalue weighted by Gasteiger charge is -2.09. The highest BCUT2D eigenvalue weighted by molar-refractivity contribution is 7.17. The van der Waals surface area contributed by atoms with Crippen molar-refractivity contribution in [3.8, 4) is 0 Å². The molecule has 0 saturated heterocycles. The summed E-state index contributed by atoms with van der Waals surface area (Å²) in [6.45, 7) is 7.45. The van der Waals surface area contributed by atoms with Gasteiger partial charge in [0.1, 0.15) is 5.00 Å². The molecule has 0 aliphatic carbocycles. The molecule has 0 bridgehead atoms. The summed E-state index contributed by atoms with van der Waals surface area (Å²) in [6.07, 6.45) is 0.777. The molecule has 0 fully saturated rings. The Bertz CT molecular complexity index is 840. The Kier molecular flexibility index (Phi) is 7.12. The van der Waals surface area contributed by atoms with E-state index in [1.165, 1.54) is 18.3 Å². The monoisotopic (exact) mass is 388 g/mol. The topological polar surface area (TPSA) is 84.5 Å². The molecule has 1 amide bonds. The number of carbonyl (C=O) groups is 3. The minimum absolute atomic E-state index is 0.00872. The van der Waals surface area contributed by atoms with Crippen molar-refractivity contribution in [2.24, 2.45) is 0 Å². The van der Waals surface area contributed by atoms with Gasteiger partial charge in [-0.2, -0.15) is 0 Å². The van der Waals surface area contributed by atoms with Gasteiger partial charge in [-0.1, -0.05) is 6.92 Å². The molecule has 1 aromatic carbocycles. The predicted octanol–water partition coefficient (Wildman–Crippen LogP) is 4.05. The molecule has 144 valence electrons. The molecule has 0 unspecified atom stereocenters. The molecule has 7 heteroatoms. The summed E-state index contributed by atoms with van der Waals surface area (Å²) in [5, 5.41) is 6.33. The van der Waals surface area contributed by atoms with Gasteiger partial charge in [0.05, 0.1) is 18.7 Å². The van der Waals surface area contributed by atoms with Crippen LogP contribution in [0.1, 0.15) is 51.9 Å². The smallest absolute Gasteiger partial charge is 0.341 e. The highest BCUT2D eigenvalue weighted by atomic mass is 32.1. The van der Waals surface area contributed by atoms with Crippen LogP contribution in [0.4, 0.5) is 10.7 Å². The van der Waals surface area contributed by atoms with Gasteiger partial charge in [0, 0.05) is 16.1 Å². The number of aryl methyl sites for hydroxylation is 1. The number of amides is 1. The van der Waals surface area contributed by atoms with Crippen molar-refractivity contribution in [1.29, 1.82) is 0 Å². The van der Waals surface area contributed by atoms with Crippen molar-refractivity contribution in [3.63, 3.8) is 0 Å². The lowest BCUT2D eigenvalue weighted by atomic mass is 10.1. The van der Waals surface area contributed by atoms with Crippen LogP contribution < -0.4 is 10.6 Å². The minimum atomic E-state index is -0.422. The van der Waals surface area contributed by atoms with E-state index in [-0.39, 0.29) is 24.8 Å². The summed E-state index contributed by atoms with van der Waals surface area (Å²) >= 11 is 1.40. The standard InChI is InChI=1S/C20H24N2O4S/c1-5-16-12(3)18(20(25)26-6-2)19(27-16)22-17(24)11-21-15-9-7-14(8-10-15)13(4)23/h7-10,21H,5-6,11H2,1-4H3,(H,22,24). The molecule has 0 saturated carbocycles. The van der Waals surface area contributed by atoms with Crippen molar-refractivity contribution in [2.45, 2.75) is 34.1 Å². The molecular weight excluding hydrogens is 364 g/mol. The quantitative estimate of drug-likeness (QED) is 0.526. The number of ether oxygens (including phenoxy) is 1. The van der Waals surface area contributed by atoms with Crippen LogP contribution in [0.15, 0.2) is 24.3 Å². The second-order valence-electron chi connectivity index (χ2n) is 5.96. The van der Waals surface area contributed by atoms with E-state index in [0.717, 1.165) is 22.5 Å². The van der Waals surface area contributed by atoms with Crippen LogP contribution in [0.5, 0.6) is 0 Å². The van der Waals surface area contributed by atoms with E-state index in [9.17, 15) is 14.4 Å². The van der Waals surface area contributed by atoms with Gasteiger partial charge >= 0.3 is 5.97 Å². The number of nitrogens with one attached hydrogen (secondary N) is 2. The lowest BCUT2D eigenvalue weighted by Crippen LogP contribution is -2.22. The summed E-state index contributed by atoms with van der Waals surface area (Å²) in [5.74, 6) is -0.695. The molecule has 0 radical (unpaired) electrons. The van der Waals surface area contributed by atoms with Crippen LogP contribution in [0.3, 0.4) is 0 Å². The minimum Gasteiger partial charge on any atom is -0.462 e. The van der Waals surface area contributed by atoms with E-state index in [1.54, 1.807) is 31.2 Å². The molecule has 1 heterocycles. The lowest BCUT2D eigenvalue weighted by molar-refractivity contribution is -0.114. The number of hydrogen-bond donors (Lipinski definition) is 2. The van der Waals surface area contributed by atoms with Crippen molar-refractivity contribution < 1.29 is 19.1 Å². The Balaban J connectivity index is 2.06. The van der Waals surface area contributed by atoms with Crippen molar-refractivity contribution in [2.75, 3.05) is 23.8 Å². The zero-order valence-electron chi connectivity index (χ0n) is 16.0.